The number of nitriles is 1. The predicted octanol–water partition coefficient (Wildman–Crippen LogP) is 2.58. The molecule has 16 heavy (non-hydrogen) atoms. The van der Waals surface area contributed by atoms with Gasteiger partial charge in [0.25, 0.3) is 0 Å². The molecule has 2 rings (SSSR count). The maximum Gasteiger partial charge on any atom is 0.238 e. The molecule has 1 amide bonds. The van der Waals surface area contributed by atoms with Crippen molar-refractivity contribution < 1.29 is 4.79 Å². The van der Waals surface area contributed by atoms with Crippen molar-refractivity contribution in [3.8, 4) is 6.07 Å². The van der Waals surface area contributed by atoms with E-state index in [0.717, 1.165) is 12.1 Å². The summed E-state index contributed by atoms with van der Waals surface area (Å²) < 4.78 is 0. The van der Waals surface area contributed by atoms with Crippen LogP contribution in [0.2, 0.25) is 0 Å². The first-order valence-electron chi connectivity index (χ1n) is 5.22. The van der Waals surface area contributed by atoms with Crippen LogP contribution in [0, 0.1) is 11.3 Å². The molecule has 0 bridgehead atoms. The number of hydrogen-bond acceptors (Lipinski definition) is 3. The van der Waals surface area contributed by atoms with Crippen molar-refractivity contribution in [2.24, 2.45) is 0 Å². The Morgan fingerprint density at radius 3 is 3.25 bits per heavy atom. The molecular formula is C12H12N2OS. The zero-order chi connectivity index (χ0) is 11.4. The van der Waals surface area contributed by atoms with Gasteiger partial charge in [-0.15, -0.1) is 11.8 Å². The van der Waals surface area contributed by atoms with Gasteiger partial charge in [0.1, 0.15) is 6.42 Å². The Balaban J connectivity index is 2.12. The Labute approximate surface area is 98.8 Å². The zero-order valence-electron chi connectivity index (χ0n) is 8.82. The molecule has 0 atom stereocenters. The van der Waals surface area contributed by atoms with E-state index in [2.05, 4.69) is 5.32 Å². The molecule has 1 aliphatic rings. The minimum Gasteiger partial charge on any atom is -0.325 e. The lowest BCUT2D eigenvalue weighted by atomic mass is 10.1. The molecule has 0 spiro atoms. The van der Waals surface area contributed by atoms with Gasteiger partial charge in [0.15, 0.2) is 0 Å². The Kier molecular flexibility index (Phi) is 3.47. The SMILES string of the molecule is N#CCC(=O)Nc1ccc2c(c1)CCCS2. The lowest BCUT2D eigenvalue weighted by molar-refractivity contribution is -0.115. The van der Waals surface area contributed by atoms with E-state index >= 15 is 0 Å². The molecule has 0 aromatic heterocycles. The van der Waals surface area contributed by atoms with Gasteiger partial charge >= 0.3 is 0 Å². The van der Waals surface area contributed by atoms with E-state index in [-0.39, 0.29) is 12.3 Å². The van der Waals surface area contributed by atoms with Crippen LogP contribution in [0.5, 0.6) is 0 Å². The number of thioether (sulfide) groups is 1. The van der Waals surface area contributed by atoms with Gasteiger partial charge in [-0.05, 0) is 42.4 Å². The number of amides is 1. The van der Waals surface area contributed by atoms with E-state index in [4.69, 9.17) is 5.26 Å². The fourth-order valence-corrected chi connectivity index (χ4v) is 2.73. The lowest BCUT2D eigenvalue weighted by Crippen LogP contribution is -2.10. The molecule has 1 aromatic carbocycles. The minimum absolute atomic E-state index is 0.0914. The third-order valence-electron chi connectivity index (χ3n) is 2.43. The fraction of sp³-hybridized carbons (Fsp3) is 0.333. The average Bonchev–Trinajstić information content (AvgIpc) is 2.29. The molecule has 1 aliphatic heterocycles. The number of fused-ring (bicyclic) bond motifs is 1. The summed E-state index contributed by atoms with van der Waals surface area (Å²) in [4.78, 5) is 12.6. The second-order valence-corrected chi connectivity index (χ2v) is 4.79. The first-order chi connectivity index (χ1) is 7.79. The molecule has 82 valence electrons. The summed E-state index contributed by atoms with van der Waals surface area (Å²) in [7, 11) is 0. The van der Waals surface area contributed by atoms with Crippen molar-refractivity contribution in [1.29, 1.82) is 5.26 Å². The normalized spacial score (nSPS) is 13.7. The van der Waals surface area contributed by atoms with Crippen LogP contribution in [0.3, 0.4) is 0 Å². The number of nitrogens with one attached hydrogen (secondary N) is 1. The van der Waals surface area contributed by atoms with Crippen LogP contribution in [-0.2, 0) is 11.2 Å². The second kappa shape index (κ2) is 5.04. The molecule has 0 aliphatic carbocycles. The van der Waals surface area contributed by atoms with Gasteiger partial charge in [0, 0.05) is 10.6 Å². The van der Waals surface area contributed by atoms with Gasteiger partial charge in [-0.1, -0.05) is 0 Å². The minimum atomic E-state index is -0.245. The first-order valence-corrected chi connectivity index (χ1v) is 6.20. The second-order valence-electron chi connectivity index (χ2n) is 3.66. The Hall–Kier alpha value is -1.47. The van der Waals surface area contributed by atoms with E-state index in [1.54, 1.807) is 0 Å². The van der Waals surface area contributed by atoms with Crippen LogP contribution >= 0.6 is 11.8 Å². The Morgan fingerprint density at radius 2 is 2.44 bits per heavy atom. The van der Waals surface area contributed by atoms with Crippen LogP contribution < -0.4 is 5.32 Å². The molecular weight excluding hydrogens is 220 g/mol. The van der Waals surface area contributed by atoms with Crippen molar-refractivity contribution in [1.82, 2.24) is 0 Å². The molecule has 1 aromatic rings. The summed E-state index contributed by atoms with van der Waals surface area (Å²) in [5.74, 6) is 0.929. The smallest absolute Gasteiger partial charge is 0.238 e. The van der Waals surface area contributed by atoms with Gasteiger partial charge in [-0.25, -0.2) is 0 Å². The third kappa shape index (κ3) is 2.56. The van der Waals surface area contributed by atoms with Crippen LogP contribution in [0.25, 0.3) is 0 Å². The van der Waals surface area contributed by atoms with Crippen LogP contribution in [0.15, 0.2) is 23.1 Å². The number of carbonyl (C=O) groups is 1. The summed E-state index contributed by atoms with van der Waals surface area (Å²) >= 11 is 1.86. The zero-order valence-corrected chi connectivity index (χ0v) is 9.64. The van der Waals surface area contributed by atoms with Crippen molar-refractivity contribution in [2.75, 3.05) is 11.1 Å². The Bertz CT molecular complexity index is 451. The highest BCUT2D eigenvalue weighted by atomic mass is 32.2. The highest BCUT2D eigenvalue weighted by Gasteiger charge is 2.10. The standard InChI is InChI=1S/C12H12N2OS/c13-6-5-12(15)14-10-3-4-11-9(8-10)2-1-7-16-11/h3-4,8H,1-2,5,7H2,(H,14,15). The highest BCUT2D eigenvalue weighted by Crippen LogP contribution is 2.31. The number of benzene rings is 1. The molecule has 4 heteroatoms. The van der Waals surface area contributed by atoms with E-state index in [0.29, 0.717) is 0 Å². The lowest BCUT2D eigenvalue weighted by Gasteiger charge is -2.16. The summed E-state index contributed by atoms with van der Waals surface area (Å²) in [5.41, 5.74) is 2.09. The topological polar surface area (TPSA) is 52.9 Å². The summed E-state index contributed by atoms with van der Waals surface area (Å²) in [6, 6.07) is 7.78. The molecule has 1 heterocycles. The van der Waals surface area contributed by atoms with Gasteiger partial charge in [-0.3, -0.25) is 4.79 Å². The van der Waals surface area contributed by atoms with Crippen molar-refractivity contribution in [3.05, 3.63) is 23.8 Å². The van der Waals surface area contributed by atoms with Crippen molar-refractivity contribution in [2.45, 2.75) is 24.2 Å². The Morgan fingerprint density at radius 1 is 1.56 bits per heavy atom. The van der Waals surface area contributed by atoms with Crippen molar-refractivity contribution in [3.63, 3.8) is 0 Å². The predicted molar refractivity (Wildman–Crippen MR) is 64.3 cm³/mol. The average molecular weight is 232 g/mol. The van der Waals surface area contributed by atoms with Gasteiger partial charge in [-0.2, -0.15) is 5.26 Å². The number of anilines is 1. The van der Waals surface area contributed by atoms with Gasteiger partial charge in [0.05, 0.1) is 6.07 Å². The number of aryl methyl sites for hydroxylation is 1. The maximum absolute atomic E-state index is 11.2. The van der Waals surface area contributed by atoms with E-state index < -0.39 is 0 Å². The molecule has 0 radical (unpaired) electrons. The highest BCUT2D eigenvalue weighted by molar-refractivity contribution is 7.99. The van der Waals surface area contributed by atoms with Crippen LogP contribution in [-0.4, -0.2) is 11.7 Å². The van der Waals surface area contributed by atoms with Crippen LogP contribution in [0.1, 0.15) is 18.4 Å². The van der Waals surface area contributed by atoms with Crippen molar-refractivity contribution >= 4 is 23.4 Å². The fourth-order valence-electron chi connectivity index (χ4n) is 1.72. The van der Waals surface area contributed by atoms with Gasteiger partial charge in [0.2, 0.25) is 5.91 Å². The number of carbonyl (C=O) groups excluding carboxylic acids is 1. The molecule has 0 fully saturated rings. The largest absolute Gasteiger partial charge is 0.325 e. The molecule has 0 saturated carbocycles. The van der Waals surface area contributed by atoms with E-state index in [1.165, 1.54) is 22.6 Å². The monoisotopic (exact) mass is 232 g/mol. The maximum atomic E-state index is 11.2. The molecule has 3 nitrogen and oxygen atoms in total. The molecule has 0 saturated heterocycles. The van der Waals surface area contributed by atoms with Crippen LogP contribution in [0.4, 0.5) is 5.69 Å². The summed E-state index contributed by atoms with van der Waals surface area (Å²) in [5, 5.41) is 11.1. The molecule has 1 N–H and O–H groups in total. The number of nitrogens with zero attached hydrogens (tertiary/aromatic N) is 1. The molecule has 0 unspecified atom stereocenters. The first kappa shape index (κ1) is 11.0. The van der Waals surface area contributed by atoms with Gasteiger partial charge < -0.3 is 5.32 Å². The van der Waals surface area contributed by atoms with E-state index in [9.17, 15) is 4.79 Å². The quantitative estimate of drug-likeness (QED) is 0.852. The summed E-state index contributed by atoms with van der Waals surface area (Å²) in [6.45, 7) is 0. The van der Waals surface area contributed by atoms with E-state index in [1.807, 2.05) is 36.0 Å². The number of rotatable bonds is 2. The summed E-state index contributed by atoms with van der Waals surface area (Å²) in [6.07, 6.45) is 2.17. The number of hydrogen-bond donors (Lipinski definition) is 1. The third-order valence-corrected chi connectivity index (χ3v) is 3.63.